The summed E-state index contributed by atoms with van der Waals surface area (Å²) in [4.78, 5) is 21.4. The van der Waals surface area contributed by atoms with Gasteiger partial charge in [0.1, 0.15) is 5.82 Å². The van der Waals surface area contributed by atoms with Crippen molar-refractivity contribution < 1.29 is 19.7 Å². The Labute approximate surface area is 162 Å². The number of aromatic nitrogens is 2. The van der Waals surface area contributed by atoms with Gasteiger partial charge in [0.2, 0.25) is 0 Å². The number of aromatic carboxylic acids is 1. The Balaban J connectivity index is 1.49. The van der Waals surface area contributed by atoms with Crippen molar-refractivity contribution in [1.82, 2.24) is 14.9 Å². The fraction of sp³-hybridized carbons (Fsp3) is 0.421. The summed E-state index contributed by atoms with van der Waals surface area (Å²) >= 11 is 5.85. The molecular formula is C19H22ClN3O4. The zero-order valence-corrected chi connectivity index (χ0v) is 15.5. The molecule has 2 aromatic rings. The fourth-order valence-electron chi connectivity index (χ4n) is 3.17. The Kier molecular flexibility index (Phi) is 6.73. The normalized spacial score (nSPS) is 18.5. The first-order chi connectivity index (χ1) is 13.0. The number of benzene rings is 1. The monoisotopic (exact) mass is 391 g/mol. The van der Waals surface area contributed by atoms with Crippen molar-refractivity contribution >= 4 is 17.6 Å². The zero-order chi connectivity index (χ0) is 19.2. The molecule has 2 atom stereocenters. The smallest absolute Gasteiger partial charge is 0.338 e. The van der Waals surface area contributed by atoms with Gasteiger partial charge in [0.25, 0.3) is 0 Å². The summed E-state index contributed by atoms with van der Waals surface area (Å²) in [6.45, 7) is 1.93. The van der Waals surface area contributed by atoms with Crippen molar-refractivity contribution in [2.45, 2.75) is 31.6 Å². The summed E-state index contributed by atoms with van der Waals surface area (Å²) in [5.74, 6) is -0.454. The lowest BCUT2D eigenvalue weighted by Crippen LogP contribution is -2.35. The molecule has 144 valence electrons. The number of carboxylic acids is 1. The molecule has 7 nitrogen and oxygen atoms in total. The Morgan fingerprint density at radius 1 is 1.30 bits per heavy atom. The molecule has 1 aromatic carbocycles. The summed E-state index contributed by atoms with van der Waals surface area (Å²) in [6, 6.07) is 7.38. The van der Waals surface area contributed by atoms with Gasteiger partial charge in [-0.25, -0.2) is 14.8 Å². The first-order valence-electron chi connectivity index (χ1n) is 8.82. The Hall–Kier alpha value is -2.06. The molecule has 2 unspecified atom stereocenters. The molecule has 3 rings (SSSR count). The molecule has 2 heterocycles. The average Bonchev–Trinajstić information content (AvgIpc) is 3.11. The maximum absolute atomic E-state index is 10.9. The molecule has 1 aromatic heterocycles. The quantitative estimate of drug-likeness (QED) is 0.713. The predicted octanol–water partition coefficient (Wildman–Crippen LogP) is 2.54. The number of carbonyl (C=O) groups is 1. The summed E-state index contributed by atoms with van der Waals surface area (Å²) in [5, 5.41) is 19.9. The van der Waals surface area contributed by atoms with E-state index in [4.69, 9.17) is 21.4 Å². The lowest BCUT2D eigenvalue weighted by molar-refractivity contribution is 0.00722. The minimum absolute atomic E-state index is 0.0150. The van der Waals surface area contributed by atoms with Gasteiger partial charge in [-0.3, -0.25) is 4.90 Å². The van der Waals surface area contributed by atoms with Gasteiger partial charge in [-0.1, -0.05) is 23.7 Å². The largest absolute Gasteiger partial charge is 0.478 e. The van der Waals surface area contributed by atoms with E-state index in [0.29, 0.717) is 24.0 Å². The molecule has 1 aliphatic heterocycles. The topological polar surface area (TPSA) is 95.8 Å². The molecule has 27 heavy (non-hydrogen) atoms. The summed E-state index contributed by atoms with van der Waals surface area (Å²) in [6.07, 6.45) is 3.88. The number of ether oxygens (including phenoxy) is 1. The van der Waals surface area contributed by atoms with Crippen molar-refractivity contribution in [3.05, 3.63) is 58.6 Å². The van der Waals surface area contributed by atoms with Gasteiger partial charge in [0, 0.05) is 24.0 Å². The van der Waals surface area contributed by atoms with E-state index >= 15 is 0 Å². The number of hydrogen-bond donors (Lipinski definition) is 2. The number of nitrogens with zero attached hydrogens (tertiary/aromatic N) is 3. The maximum Gasteiger partial charge on any atom is 0.338 e. The number of β-amino-alcohol motifs (C(OH)–C–C–N with tert-alkyl or cyclic N) is 1. The lowest BCUT2D eigenvalue weighted by atomic mass is 10.2. The van der Waals surface area contributed by atoms with Crippen LogP contribution in [0.1, 0.15) is 40.6 Å². The van der Waals surface area contributed by atoms with Gasteiger partial charge in [0.05, 0.1) is 30.9 Å². The third-order valence-electron chi connectivity index (χ3n) is 4.52. The molecule has 0 amide bonds. The van der Waals surface area contributed by atoms with Crippen LogP contribution in [0.15, 0.2) is 36.7 Å². The van der Waals surface area contributed by atoms with E-state index in [2.05, 4.69) is 14.9 Å². The Morgan fingerprint density at radius 2 is 2.00 bits per heavy atom. The van der Waals surface area contributed by atoms with E-state index in [1.54, 1.807) is 12.1 Å². The third kappa shape index (κ3) is 5.46. The standard InChI is InChI=1S/C19H22ClN3O4/c20-15-5-3-13(4-6-15)11-27-12-16(24)10-23-7-1-2-17(23)18-21-8-14(9-22-18)19(25)26/h3-6,8-9,16-17,24H,1-2,7,10-12H2,(H,25,26). The highest BCUT2D eigenvalue weighted by atomic mass is 35.5. The molecule has 0 radical (unpaired) electrons. The second-order valence-electron chi connectivity index (χ2n) is 6.58. The van der Waals surface area contributed by atoms with Gasteiger partial charge in [-0.2, -0.15) is 0 Å². The van der Waals surface area contributed by atoms with Gasteiger partial charge in [-0.15, -0.1) is 0 Å². The van der Waals surface area contributed by atoms with Crippen LogP contribution < -0.4 is 0 Å². The second kappa shape index (κ2) is 9.23. The van der Waals surface area contributed by atoms with Crippen molar-refractivity contribution in [3.63, 3.8) is 0 Å². The van der Waals surface area contributed by atoms with Gasteiger partial charge >= 0.3 is 5.97 Å². The summed E-state index contributed by atoms with van der Waals surface area (Å²) in [5.41, 5.74) is 1.07. The number of aliphatic hydroxyl groups excluding tert-OH is 1. The Bertz CT molecular complexity index is 755. The summed E-state index contributed by atoms with van der Waals surface area (Å²) < 4.78 is 5.60. The van der Waals surface area contributed by atoms with Gasteiger partial charge in [0.15, 0.2) is 0 Å². The molecule has 1 saturated heterocycles. The van der Waals surface area contributed by atoms with Crippen LogP contribution in [0.4, 0.5) is 0 Å². The van der Waals surface area contributed by atoms with Crippen LogP contribution >= 0.6 is 11.6 Å². The molecule has 0 saturated carbocycles. The van der Waals surface area contributed by atoms with Crippen LogP contribution in [0.2, 0.25) is 5.02 Å². The molecule has 2 N–H and O–H groups in total. The lowest BCUT2D eigenvalue weighted by Gasteiger charge is -2.25. The number of halogens is 1. The van der Waals surface area contributed by atoms with Crippen molar-refractivity contribution in [1.29, 1.82) is 0 Å². The average molecular weight is 392 g/mol. The molecule has 0 bridgehead atoms. The molecule has 0 spiro atoms. The number of hydrogen-bond acceptors (Lipinski definition) is 6. The van der Waals surface area contributed by atoms with Crippen LogP contribution in [0.5, 0.6) is 0 Å². The predicted molar refractivity (Wildman–Crippen MR) is 99.7 cm³/mol. The number of aliphatic hydroxyl groups is 1. The molecule has 1 aliphatic rings. The number of carboxylic acid groups (broad SMARTS) is 1. The van der Waals surface area contributed by atoms with Crippen molar-refractivity contribution in [2.75, 3.05) is 19.7 Å². The van der Waals surface area contributed by atoms with Gasteiger partial charge < -0.3 is 14.9 Å². The third-order valence-corrected chi connectivity index (χ3v) is 4.77. The van der Waals surface area contributed by atoms with Crippen LogP contribution in [0, 0.1) is 0 Å². The van der Waals surface area contributed by atoms with Crippen molar-refractivity contribution in [2.24, 2.45) is 0 Å². The molecule has 1 fully saturated rings. The van der Waals surface area contributed by atoms with Crippen LogP contribution in [-0.4, -0.2) is 56.9 Å². The highest BCUT2D eigenvalue weighted by Crippen LogP contribution is 2.29. The molecule has 8 heteroatoms. The minimum Gasteiger partial charge on any atom is -0.478 e. The van der Waals surface area contributed by atoms with E-state index in [9.17, 15) is 9.90 Å². The van der Waals surface area contributed by atoms with E-state index in [1.165, 1.54) is 12.4 Å². The highest BCUT2D eigenvalue weighted by Gasteiger charge is 2.29. The van der Waals surface area contributed by atoms with E-state index < -0.39 is 12.1 Å². The number of likely N-dealkylation sites (tertiary alicyclic amines) is 1. The van der Waals surface area contributed by atoms with E-state index in [1.807, 2.05) is 12.1 Å². The molecular weight excluding hydrogens is 370 g/mol. The van der Waals surface area contributed by atoms with E-state index in [-0.39, 0.29) is 18.2 Å². The maximum atomic E-state index is 10.9. The minimum atomic E-state index is -1.04. The van der Waals surface area contributed by atoms with Crippen LogP contribution in [0.3, 0.4) is 0 Å². The van der Waals surface area contributed by atoms with Crippen LogP contribution in [-0.2, 0) is 11.3 Å². The van der Waals surface area contributed by atoms with E-state index in [0.717, 1.165) is 24.9 Å². The highest BCUT2D eigenvalue weighted by molar-refractivity contribution is 6.30. The Morgan fingerprint density at radius 3 is 2.67 bits per heavy atom. The number of rotatable bonds is 8. The van der Waals surface area contributed by atoms with Gasteiger partial charge in [-0.05, 0) is 37.1 Å². The molecule has 0 aliphatic carbocycles. The second-order valence-corrected chi connectivity index (χ2v) is 7.02. The SMILES string of the molecule is O=C(O)c1cnc(C2CCCN2CC(O)COCc2ccc(Cl)cc2)nc1. The van der Waals surface area contributed by atoms with Crippen LogP contribution in [0.25, 0.3) is 0 Å². The zero-order valence-electron chi connectivity index (χ0n) is 14.8. The first kappa shape index (κ1) is 19.7. The van der Waals surface area contributed by atoms with Crippen molar-refractivity contribution in [3.8, 4) is 0 Å². The fourth-order valence-corrected chi connectivity index (χ4v) is 3.30. The summed E-state index contributed by atoms with van der Waals surface area (Å²) in [7, 11) is 0. The first-order valence-corrected chi connectivity index (χ1v) is 9.20.